The van der Waals surface area contributed by atoms with Gasteiger partial charge in [0.25, 0.3) is 5.91 Å². The molecule has 230 valence electrons. The molecule has 0 saturated heterocycles. The first-order valence-electron chi connectivity index (χ1n) is 15.4. The van der Waals surface area contributed by atoms with Crippen LogP contribution in [0, 0.1) is 11.8 Å². The summed E-state index contributed by atoms with van der Waals surface area (Å²) in [5.41, 5.74) is 1.49. The third kappa shape index (κ3) is 9.44. The van der Waals surface area contributed by atoms with Crippen molar-refractivity contribution < 1.29 is 24.2 Å². The molecule has 9 heteroatoms. The lowest BCUT2D eigenvalue weighted by Gasteiger charge is -2.36. The number of anilines is 2. The zero-order valence-electron chi connectivity index (χ0n) is 25.6. The second kappa shape index (κ2) is 15.4. The van der Waals surface area contributed by atoms with E-state index in [0.717, 1.165) is 38.3 Å². The summed E-state index contributed by atoms with van der Waals surface area (Å²) in [6.45, 7) is 8.76. The second-order valence-electron chi connectivity index (χ2n) is 12.1. The van der Waals surface area contributed by atoms with Gasteiger partial charge in [-0.05, 0) is 89.2 Å². The Labute approximate surface area is 250 Å². The Morgan fingerprint density at radius 1 is 1.05 bits per heavy atom. The second-order valence-corrected chi connectivity index (χ2v) is 12.1. The van der Waals surface area contributed by atoms with E-state index in [1.807, 2.05) is 32.0 Å². The molecule has 1 fully saturated rings. The van der Waals surface area contributed by atoms with Gasteiger partial charge in [0, 0.05) is 43.5 Å². The maximum atomic E-state index is 14.2. The van der Waals surface area contributed by atoms with Crippen molar-refractivity contribution in [3.63, 3.8) is 0 Å². The first-order valence-corrected chi connectivity index (χ1v) is 15.4. The van der Waals surface area contributed by atoms with Crippen molar-refractivity contribution in [2.45, 2.75) is 71.1 Å². The molecule has 4 rings (SSSR count). The van der Waals surface area contributed by atoms with Crippen LogP contribution in [0.2, 0.25) is 0 Å². The van der Waals surface area contributed by atoms with Crippen molar-refractivity contribution in [1.29, 1.82) is 0 Å². The van der Waals surface area contributed by atoms with Gasteiger partial charge < -0.3 is 35.0 Å². The highest BCUT2D eigenvalue weighted by molar-refractivity contribution is 6.02. The van der Waals surface area contributed by atoms with Crippen molar-refractivity contribution >= 4 is 23.3 Å². The van der Waals surface area contributed by atoms with Gasteiger partial charge in [-0.2, -0.15) is 0 Å². The summed E-state index contributed by atoms with van der Waals surface area (Å²) in [5.74, 6) is 1.04. The van der Waals surface area contributed by atoms with Crippen LogP contribution in [-0.4, -0.2) is 85.0 Å². The highest BCUT2D eigenvalue weighted by atomic mass is 16.5. The third-order valence-corrected chi connectivity index (χ3v) is 8.10. The molecule has 9 nitrogen and oxygen atoms in total. The number of benzene rings is 2. The normalized spacial score (nSPS) is 23.0. The van der Waals surface area contributed by atoms with E-state index < -0.39 is 12.1 Å². The summed E-state index contributed by atoms with van der Waals surface area (Å²) in [6.07, 6.45) is 5.16. The van der Waals surface area contributed by atoms with Gasteiger partial charge in [0.2, 0.25) is 0 Å². The number of carbonyl (C=O) groups excluding carboxylic acids is 2. The zero-order chi connectivity index (χ0) is 30.1. The van der Waals surface area contributed by atoms with Gasteiger partial charge in [0.15, 0.2) is 0 Å². The van der Waals surface area contributed by atoms with Gasteiger partial charge in [-0.15, -0.1) is 0 Å². The van der Waals surface area contributed by atoms with Crippen molar-refractivity contribution in [2.24, 2.45) is 11.8 Å². The number of urea groups is 1. The number of amides is 3. The van der Waals surface area contributed by atoms with Crippen LogP contribution in [0.1, 0.15) is 63.2 Å². The Morgan fingerprint density at radius 3 is 2.50 bits per heavy atom. The molecule has 3 amide bonds. The van der Waals surface area contributed by atoms with Crippen molar-refractivity contribution in [3.8, 4) is 5.75 Å². The standard InChI is InChI=1S/C33H48N4O5/c1-23-19-37(24(2)22-38)32(39)29-18-28(35-33(40)34-27-11-6-5-7-12-27)15-16-30(29)42-25(3)10-8-9-17-41-31(23)21-36(4)20-26-13-14-26/h5-7,11-12,15-16,18,23-26,31,38H,8-10,13-14,17,19-22H2,1-4H3,(H2,34,35,40)/t23-,24+,25-,31+/m0/s1. The number of aliphatic hydroxyl groups is 1. The number of likely N-dealkylation sites (N-methyl/N-ethyl adjacent to an activating group) is 1. The minimum absolute atomic E-state index is 0.0359. The Morgan fingerprint density at radius 2 is 1.79 bits per heavy atom. The molecule has 0 bridgehead atoms. The van der Waals surface area contributed by atoms with Gasteiger partial charge in [-0.25, -0.2) is 4.79 Å². The van der Waals surface area contributed by atoms with Gasteiger partial charge in [-0.3, -0.25) is 4.79 Å². The van der Waals surface area contributed by atoms with Crippen LogP contribution in [0.25, 0.3) is 0 Å². The van der Waals surface area contributed by atoms with Gasteiger partial charge >= 0.3 is 6.03 Å². The molecule has 0 aromatic heterocycles. The number of carbonyl (C=O) groups is 2. The smallest absolute Gasteiger partial charge is 0.323 e. The zero-order valence-corrected chi connectivity index (χ0v) is 25.6. The van der Waals surface area contributed by atoms with Crippen LogP contribution in [0.5, 0.6) is 5.75 Å². The molecule has 42 heavy (non-hydrogen) atoms. The SMILES string of the molecule is C[C@H](CO)N1C[C@H](C)[C@@H](CN(C)CC2CC2)OCCCC[C@H](C)Oc2ccc(NC(=O)Nc3ccccc3)cc2C1=O. The van der Waals surface area contributed by atoms with E-state index in [2.05, 4.69) is 29.5 Å². The van der Waals surface area contributed by atoms with E-state index in [9.17, 15) is 14.7 Å². The van der Waals surface area contributed by atoms with Crippen molar-refractivity contribution in [1.82, 2.24) is 9.80 Å². The predicted octanol–water partition coefficient (Wildman–Crippen LogP) is 5.47. The molecule has 3 N–H and O–H groups in total. The summed E-state index contributed by atoms with van der Waals surface area (Å²) in [6, 6.07) is 13.5. The largest absolute Gasteiger partial charge is 0.490 e. The lowest BCUT2D eigenvalue weighted by molar-refractivity contribution is -0.0172. The van der Waals surface area contributed by atoms with Crippen LogP contribution in [0.15, 0.2) is 48.5 Å². The number of nitrogens with one attached hydrogen (secondary N) is 2. The molecule has 0 unspecified atom stereocenters. The fourth-order valence-electron chi connectivity index (χ4n) is 5.40. The summed E-state index contributed by atoms with van der Waals surface area (Å²) >= 11 is 0. The first kappa shape index (κ1) is 31.8. The average Bonchev–Trinajstić information content (AvgIpc) is 3.79. The van der Waals surface area contributed by atoms with Crippen LogP contribution >= 0.6 is 0 Å². The van der Waals surface area contributed by atoms with Crippen LogP contribution in [-0.2, 0) is 4.74 Å². The highest BCUT2D eigenvalue weighted by Crippen LogP contribution is 2.31. The van der Waals surface area contributed by atoms with Crippen molar-refractivity contribution in [3.05, 3.63) is 54.1 Å². The molecule has 1 aliphatic carbocycles. The molecule has 0 radical (unpaired) electrons. The van der Waals surface area contributed by atoms with Gasteiger partial charge in [-0.1, -0.05) is 25.1 Å². The predicted molar refractivity (Wildman–Crippen MR) is 166 cm³/mol. The van der Waals surface area contributed by atoms with Crippen LogP contribution in [0.4, 0.5) is 16.2 Å². The molecule has 1 saturated carbocycles. The molecule has 2 aromatic carbocycles. The molecule has 1 heterocycles. The number of rotatable bonds is 8. The average molecular weight is 581 g/mol. The Hall–Kier alpha value is -3.14. The minimum atomic E-state index is -0.416. The molecule has 2 aliphatic rings. The lowest BCUT2D eigenvalue weighted by atomic mass is 10.0. The number of ether oxygens (including phenoxy) is 2. The fraction of sp³-hybridized carbons (Fsp3) is 0.576. The quantitative estimate of drug-likeness (QED) is 0.383. The fourth-order valence-corrected chi connectivity index (χ4v) is 5.40. The number of nitrogens with zero attached hydrogens (tertiary/aromatic N) is 2. The molecule has 2 aromatic rings. The van der Waals surface area contributed by atoms with Crippen LogP contribution in [0.3, 0.4) is 0 Å². The van der Waals surface area contributed by atoms with E-state index in [0.29, 0.717) is 35.8 Å². The number of fused-ring (bicyclic) bond motifs is 1. The van der Waals surface area contributed by atoms with E-state index in [-0.39, 0.29) is 30.6 Å². The summed E-state index contributed by atoms with van der Waals surface area (Å²) in [5, 5.41) is 15.8. The summed E-state index contributed by atoms with van der Waals surface area (Å²) in [4.78, 5) is 31.0. The Kier molecular flexibility index (Phi) is 11.6. The molecule has 1 aliphatic heterocycles. The Balaban J connectivity index is 1.59. The van der Waals surface area contributed by atoms with E-state index in [4.69, 9.17) is 9.47 Å². The van der Waals surface area contributed by atoms with Crippen molar-refractivity contribution in [2.75, 3.05) is 50.5 Å². The minimum Gasteiger partial charge on any atom is -0.490 e. The van der Waals surface area contributed by atoms with E-state index in [1.165, 1.54) is 12.8 Å². The number of aliphatic hydroxyl groups excluding tert-OH is 1. The highest BCUT2D eigenvalue weighted by Gasteiger charge is 2.31. The van der Waals surface area contributed by atoms with Gasteiger partial charge in [0.1, 0.15) is 5.75 Å². The lowest BCUT2D eigenvalue weighted by Crippen LogP contribution is -2.47. The molecule has 4 atom stereocenters. The monoisotopic (exact) mass is 580 g/mol. The number of hydrogen-bond donors (Lipinski definition) is 3. The maximum absolute atomic E-state index is 14.2. The third-order valence-electron chi connectivity index (χ3n) is 8.10. The van der Waals surface area contributed by atoms with E-state index in [1.54, 1.807) is 35.2 Å². The molecular formula is C33H48N4O5. The number of hydrogen-bond acceptors (Lipinski definition) is 6. The van der Waals surface area contributed by atoms with Crippen LogP contribution < -0.4 is 15.4 Å². The van der Waals surface area contributed by atoms with E-state index >= 15 is 0 Å². The summed E-state index contributed by atoms with van der Waals surface area (Å²) in [7, 11) is 2.15. The first-order chi connectivity index (χ1) is 20.2. The molecular weight excluding hydrogens is 532 g/mol. The maximum Gasteiger partial charge on any atom is 0.323 e. The topological polar surface area (TPSA) is 103 Å². The summed E-state index contributed by atoms with van der Waals surface area (Å²) < 4.78 is 12.7. The van der Waals surface area contributed by atoms with Gasteiger partial charge in [0.05, 0.1) is 30.4 Å². The Bertz CT molecular complexity index is 1160. The number of para-hydroxylation sites is 1. The molecule has 0 spiro atoms.